The maximum Gasteiger partial charge on any atom is 0.176 e. The third-order valence-electron chi connectivity index (χ3n) is 9.94. The van der Waals surface area contributed by atoms with E-state index in [0.29, 0.717) is 5.82 Å². The molecule has 4 nitrogen and oxygen atoms in total. The molecule has 1 atom stereocenters. The van der Waals surface area contributed by atoms with Crippen molar-refractivity contribution < 1.29 is 9.47 Å². The summed E-state index contributed by atoms with van der Waals surface area (Å²) < 4.78 is 15.1. The van der Waals surface area contributed by atoms with Crippen LogP contribution in [-0.2, 0) is 5.41 Å². The Morgan fingerprint density at radius 2 is 1.25 bits per heavy atom. The number of allylic oxidation sites excluding steroid dienone is 1. The fraction of sp³-hybridized carbons (Fsp3) is 0.0233. The van der Waals surface area contributed by atoms with Gasteiger partial charge in [0.05, 0.1) is 11.2 Å². The first-order chi connectivity index (χ1) is 23.8. The summed E-state index contributed by atoms with van der Waals surface area (Å²) in [5.41, 5.74) is 8.99. The van der Waals surface area contributed by atoms with Crippen molar-refractivity contribution in [3.8, 4) is 45.3 Å². The number of aromatic nitrogens is 2. The minimum absolute atomic E-state index is 0.691. The van der Waals surface area contributed by atoms with Crippen molar-refractivity contribution in [2.24, 2.45) is 0 Å². The van der Waals surface area contributed by atoms with Crippen molar-refractivity contribution in [1.29, 1.82) is 0 Å². The molecule has 2 aliphatic carbocycles. The van der Waals surface area contributed by atoms with E-state index in [4.69, 9.17) is 19.4 Å². The molecule has 0 fully saturated rings. The predicted molar refractivity (Wildman–Crippen MR) is 192 cm³/mol. The summed E-state index contributed by atoms with van der Waals surface area (Å²) >= 11 is 1.82. The zero-order chi connectivity index (χ0) is 31.4. The number of thiophene rings is 1. The molecule has 8 aromatic rings. The summed E-state index contributed by atoms with van der Waals surface area (Å²) in [6.45, 7) is 0. The van der Waals surface area contributed by atoms with Gasteiger partial charge in [0.15, 0.2) is 28.8 Å². The number of nitrogens with zero attached hydrogens (tertiary/aromatic N) is 2. The highest BCUT2D eigenvalue weighted by Crippen LogP contribution is 2.66. The largest absolute Gasteiger partial charge is 0.452 e. The lowest BCUT2D eigenvalue weighted by Crippen LogP contribution is -2.30. The van der Waals surface area contributed by atoms with Crippen LogP contribution in [0.1, 0.15) is 21.6 Å². The molecule has 0 saturated carbocycles. The molecule has 48 heavy (non-hydrogen) atoms. The highest BCUT2D eigenvalue weighted by molar-refractivity contribution is 7.19. The van der Waals surface area contributed by atoms with E-state index >= 15 is 0 Å². The Hall–Kier alpha value is -6.04. The molecular weight excluding hydrogens is 609 g/mol. The first kappa shape index (κ1) is 26.1. The van der Waals surface area contributed by atoms with Gasteiger partial charge in [0.2, 0.25) is 0 Å². The Kier molecular flexibility index (Phi) is 5.16. The number of fused-ring (bicyclic) bond motifs is 13. The molecule has 224 valence electrons. The first-order valence-corrected chi connectivity index (χ1v) is 16.9. The first-order valence-electron chi connectivity index (χ1n) is 16.1. The van der Waals surface area contributed by atoms with Crippen LogP contribution >= 0.6 is 11.3 Å². The molecule has 0 saturated heterocycles. The third-order valence-corrected chi connectivity index (χ3v) is 11.2. The van der Waals surface area contributed by atoms with Crippen molar-refractivity contribution in [3.63, 3.8) is 0 Å². The lowest BCUT2D eigenvalue weighted by molar-refractivity contribution is 0.317. The lowest BCUT2D eigenvalue weighted by Gasteiger charge is -2.32. The van der Waals surface area contributed by atoms with Crippen LogP contribution in [0.2, 0.25) is 0 Å². The lowest BCUT2D eigenvalue weighted by atomic mass is 9.76. The average molecular weight is 633 g/mol. The SMILES string of the molecule is c1ccc(-c2nc(-c3ccc4c(c3)C3(C5=C(Oc6ccccc6O5)c5c3sc3ccccc53)c3ccccc3-4)nc3ccccc23)cc1. The highest BCUT2D eigenvalue weighted by atomic mass is 32.1. The van der Waals surface area contributed by atoms with E-state index in [1.54, 1.807) is 0 Å². The Morgan fingerprint density at radius 1 is 0.542 bits per heavy atom. The van der Waals surface area contributed by atoms with Crippen LogP contribution in [0, 0.1) is 0 Å². The van der Waals surface area contributed by atoms with Gasteiger partial charge in [-0.15, -0.1) is 11.3 Å². The normalized spacial score (nSPS) is 16.7. The molecule has 1 spiro atoms. The molecule has 11 rings (SSSR count). The van der Waals surface area contributed by atoms with Crippen LogP contribution in [0.5, 0.6) is 11.5 Å². The molecule has 1 unspecified atom stereocenters. The molecule has 0 N–H and O–H groups in total. The number of rotatable bonds is 2. The third kappa shape index (κ3) is 3.33. The van der Waals surface area contributed by atoms with Crippen LogP contribution in [0.3, 0.4) is 0 Å². The summed E-state index contributed by atoms with van der Waals surface area (Å²) in [7, 11) is 0. The van der Waals surface area contributed by atoms with Crippen molar-refractivity contribution in [3.05, 3.63) is 173 Å². The molecule has 0 radical (unpaired) electrons. The number of para-hydroxylation sites is 3. The number of ether oxygens (including phenoxy) is 2. The van der Waals surface area contributed by atoms with Crippen molar-refractivity contribution >= 4 is 38.1 Å². The van der Waals surface area contributed by atoms with Gasteiger partial charge in [-0.3, -0.25) is 0 Å². The highest BCUT2D eigenvalue weighted by Gasteiger charge is 2.58. The monoisotopic (exact) mass is 632 g/mol. The molecule has 0 amide bonds. The smallest absolute Gasteiger partial charge is 0.176 e. The van der Waals surface area contributed by atoms with Gasteiger partial charge < -0.3 is 9.47 Å². The van der Waals surface area contributed by atoms with Gasteiger partial charge in [-0.25, -0.2) is 9.97 Å². The van der Waals surface area contributed by atoms with Crippen molar-refractivity contribution in [1.82, 2.24) is 9.97 Å². The van der Waals surface area contributed by atoms with Gasteiger partial charge in [-0.2, -0.15) is 0 Å². The van der Waals surface area contributed by atoms with Gasteiger partial charge in [0.1, 0.15) is 5.41 Å². The molecule has 0 bridgehead atoms. The molecule has 5 heteroatoms. The van der Waals surface area contributed by atoms with Gasteiger partial charge >= 0.3 is 0 Å². The van der Waals surface area contributed by atoms with Gasteiger partial charge in [0.25, 0.3) is 0 Å². The van der Waals surface area contributed by atoms with E-state index < -0.39 is 5.41 Å². The number of hydrogen-bond donors (Lipinski definition) is 0. The number of benzene rings is 6. The summed E-state index contributed by atoms with van der Waals surface area (Å²) in [5.74, 6) is 3.76. The van der Waals surface area contributed by atoms with Crippen LogP contribution in [0.4, 0.5) is 0 Å². The van der Waals surface area contributed by atoms with Crippen molar-refractivity contribution in [2.75, 3.05) is 0 Å². The summed E-state index contributed by atoms with van der Waals surface area (Å²) in [6.07, 6.45) is 0. The van der Waals surface area contributed by atoms with Gasteiger partial charge in [-0.1, -0.05) is 115 Å². The second-order valence-electron chi connectivity index (χ2n) is 12.4. The maximum atomic E-state index is 7.01. The fourth-order valence-electron chi connectivity index (χ4n) is 7.91. The van der Waals surface area contributed by atoms with E-state index in [9.17, 15) is 0 Å². The summed E-state index contributed by atoms with van der Waals surface area (Å²) in [6, 6.07) is 50.6. The van der Waals surface area contributed by atoms with E-state index in [0.717, 1.165) is 61.9 Å². The van der Waals surface area contributed by atoms with E-state index in [2.05, 4.69) is 103 Å². The van der Waals surface area contributed by atoms with E-state index in [-0.39, 0.29) is 0 Å². The molecular formula is C43H24N2O2S. The fourth-order valence-corrected chi connectivity index (χ4v) is 9.33. The standard InChI is InChI=1S/C43H24N2O2S/c1-2-12-25(13-3-1)38-29-15-5-8-18-33(29)44-42(45-38)26-22-23-28-27-14-4-7-17-31(27)43(32(28)24-26)40-39(46-34-19-9-10-20-35(34)47-40)37-30-16-6-11-21-36(30)48-41(37)43/h1-24H. The number of hydrogen-bond acceptors (Lipinski definition) is 5. The van der Waals surface area contributed by atoms with Gasteiger partial charge in [-0.05, 0) is 52.6 Å². The minimum Gasteiger partial charge on any atom is -0.452 e. The van der Waals surface area contributed by atoms with Crippen LogP contribution in [0.25, 0.3) is 60.5 Å². The Labute approximate surface area is 280 Å². The summed E-state index contributed by atoms with van der Waals surface area (Å²) in [4.78, 5) is 11.6. The van der Waals surface area contributed by atoms with Crippen LogP contribution < -0.4 is 9.47 Å². The minimum atomic E-state index is -0.705. The van der Waals surface area contributed by atoms with Crippen molar-refractivity contribution in [2.45, 2.75) is 5.41 Å². The quantitative estimate of drug-likeness (QED) is 0.190. The Balaban J connectivity index is 1.22. The zero-order valence-electron chi connectivity index (χ0n) is 25.5. The second-order valence-corrected chi connectivity index (χ2v) is 13.5. The average Bonchev–Trinajstić information content (AvgIpc) is 3.77. The molecule has 3 heterocycles. The Morgan fingerprint density at radius 3 is 2.15 bits per heavy atom. The second kappa shape index (κ2) is 9.50. The predicted octanol–water partition coefficient (Wildman–Crippen LogP) is 10.6. The molecule has 6 aromatic carbocycles. The molecule has 2 aromatic heterocycles. The molecule has 1 aliphatic heterocycles. The summed E-state index contributed by atoms with van der Waals surface area (Å²) in [5, 5.41) is 2.21. The topological polar surface area (TPSA) is 44.2 Å². The molecule has 3 aliphatic rings. The van der Waals surface area contributed by atoms with Gasteiger partial charge in [0, 0.05) is 37.0 Å². The maximum absolute atomic E-state index is 7.01. The Bertz CT molecular complexity index is 2690. The van der Waals surface area contributed by atoms with Crippen LogP contribution in [0.15, 0.2) is 151 Å². The zero-order valence-corrected chi connectivity index (χ0v) is 26.3. The van der Waals surface area contributed by atoms with Crippen LogP contribution in [-0.4, -0.2) is 9.97 Å². The van der Waals surface area contributed by atoms with E-state index in [1.807, 2.05) is 53.8 Å². The van der Waals surface area contributed by atoms with E-state index in [1.165, 1.54) is 31.7 Å².